The first-order valence-corrected chi connectivity index (χ1v) is 8.90. The molecule has 1 heterocycles. The highest BCUT2D eigenvalue weighted by Gasteiger charge is 2.19. The monoisotopic (exact) mass is 378 g/mol. The van der Waals surface area contributed by atoms with E-state index in [2.05, 4.69) is 5.10 Å². The van der Waals surface area contributed by atoms with Gasteiger partial charge in [0.1, 0.15) is 0 Å². The van der Waals surface area contributed by atoms with Gasteiger partial charge in [0.15, 0.2) is 0 Å². The van der Waals surface area contributed by atoms with E-state index >= 15 is 0 Å². The first-order chi connectivity index (χ1) is 13.3. The van der Waals surface area contributed by atoms with Crippen molar-refractivity contribution in [2.45, 2.75) is 27.3 Å². The van der Waals surface area contributed by atoms with Gasteiger partial charge in [-0.3, -0.25) is 14.9 Å². The molecule has 1 amide bonds. The number of aromatic nitrogens is 2. The van der Waals surface area contributed by atoms with E-state index in [1.54, 1.807) is 11.9 Å². The van der Waals surface area contributed by atoms with E-state index in [1.165, 1.54) is 24.3 Å². The van der Waals surface area contributed by atoms with E-state index in [0.29, 0.717) is 12.1 Å². The van der Waals surface area contributed by atoms with Crippen molar-refractivity contribution in [2.24, 2.45) is 0 Å². The predicted molar refractivity (Wildman–Crippen MR) is 107 cm³/mol. The van der Waals surface area contributed by atoms with Crippen LogP contribution in [0.15, 0.2) is 48.5 Å². The molecule has 3 aromatic rings. The fourth-order valence-electron chi connectivity index (χ4n) is 3.19. The molecule has 0 spiro atoms. The van der Waals surface area contributed by atoms with E-state index < -0.39 is 4.92 Å². The van der Waals surface area contributed by atoms with Gasteiger partial charge in [-0.05, 0) is 44.5 Å². The Morgan fingerprint density at radius 3 is 2.36 bits per heavy atom. The summed E-state index contributed by atoms with van der Waals surface area (Å²) in [6, 6.07) is 13.7. The van der Waals surface area contributed by atoms with Crippen LogP contribution in [0.4, 0.5) is 5.69 Å². The molecule has 0 aliphatic rings. The lowest BCUT2D eigenvalue weighted by molar-refractivity contribution is -0.384. The minimum absolute atomic E-state index is 0.0367. The summed E-state index contributed by atoms with van der Waals surface area (Å²) in [6.07, 6.45) is 0. The third-order valence-corrected chi connectivity index (χ3v) is 4.85. The second kappa shape index (κ2) is 7.64. The van der Waals surface area contributed by atoms with Crippen molar-refractivity contribution in [3.05, 3.63) is 86.7 Å². The first kappa shape index (κ1) is 19.3. The molecule has 0 fully saturated rings. The number of carbonyl (C=O) groups excluding carboxylic acids is 1. The van der Waals surface area contributed by atoms with Gasteiger partial charge in [-0.25, -0.2) is 4.68 Å². The van der Waals surface area contributed by atoms with Crippen molar-refractivity contribution in [3.63, 3.8) is 0 Å². The van der Waals surface area contributed by atoms with Gasteiger partial charge < -0.3 is 4.90 Å². The Bertz CT molecular complexity index is 1040. The van der Waals surface area contributed by atoms with Gasteiger partial charge in [-0.2, -0.15) is 5.10 Å². The number of carbonyl (C=O) groups is 1. The Hall–Kier alpha value is -3.48. The summed E-state index contributed by atoms with van der Waals surface area (Å²) in [7, 11) is 1.72. The van der Waals surface area contributed by atoms with Crippen LogP contribution in [0.2, 0.25) is 0 Å². The topological polar surface area (TPSA) is 81.3 Å². The molecule has 1 aromatic heterocycles. The van der Waals surface area contributed by atoms with Gasteiger partial charge in [-0.15, -0.1) is 0 Å². The average molecular weight is 378 g/mol. The van der Waals surface area contributed by atoms with Crippen LogP contribution in [0.1, 0.15) is 32.9 Å². The maximum absolute atomic E-state index is 12.7. The molecule has 0 radical (unpaired) electrons. The molecule has 0 aliphatic heterocycles. The number of benzene rings is 2. The highest BCUT2D eigenvalue weighted by Crippen LogP contribution is 2.22. The number of hydrogen-bond acceptors (Lipinski definition) is 4. The van der Waals surface area contributed by atoms with E-state index in [4.69, 9.17) is 0 Å². The molecule has 0 N–H and O–H groups in total. The van der Waals surface area contributed by atoms with Crippen molar-refractivity contribution >= 4 is 11.6 Å². The zero-order valence-corrected chi connectivity index (χ0v) is 16.3. The Kier molecular flexibility index (Phi) is 5.26. The fourth-order valence-corrected chi connectivity index (χ4v) is 3.19. The standard InChI is InChI=1S/C21H22N4O3/c1-14-7-5-6-8-20(14)24-16(3)19(15(2)22-24)13-23(4)21(26)17-9-11-18(12-10-17)25(27)28/h5-12H,13H2,1-4H3. The Morgan fingerprint density at radius 1 is 1.11 bits per heavy atom. The van der Waals surface area contributed by atoms with Crippen LogP contribution in [0.5, 0.6) is 0 Å². The molecule has 2 aromatic carbocycles. The molecule has 28 heavy (non-hydrogen) atoms. The lowest BCUT2D eigenvalue weighted by Crippen LogP contribution is -2.26. The quantitative estimate of drug-likeness (QED) is 0.497. The Balaban J connectivity index is 1.84. The van der Waals surface area contributed by atoms with Gasteiger partial charge >= 0.3 is 0 Å². The Morgan fingerprint density at radius 2 is 1.75 bits per heavy atom. The molecular formula is C21H22N4O3. The second-order valence-electron chi connectivity index (χ2n) is 6.81. The van der Waals surface area contributed by atoms with Crippen LogP contribution in [-0.4, -0.2) is 32.6 Å². The molecule has 3 rings (SSSR count). The highest BCUT2D eigenvalue weighted by atomic mass is 16.6. The summed E-state index contributed by atoms with van der Waals surface area (Å²) < 4.78 is 1.91. The number of non-ortho nitro benzene ring substituents is 1. The maximum Gasteiger partial charge on any atom is 0.269 e. The summed E-state index contributed by atoms with van der Waals surface area (Å²) >= 11 is 0. The highest BCUT2D eigenvalue weighted by molar-refractivity contribution is 5.94. The van der Waals surface area contributed by atoms with Crippen molar-refractivity contribution in [3.8, 4) is 5.69 Å². The van der Waals surface area contributed by atoms with Gasteiger partial charge in [-0.1, -0.05) is 18.2 Å². The molecule has 0 unspecified atom stereocenters. The summed E-state index contributed by atoms with van der Waals surface area (Å²) in [4.78, 5) is 24.6. The van der Waals surface area contributed by atoms with Crippen molar-refractivity contribution in [1.82, 2.24) is 14.7 Å². The molecule has 0 atom stereocenters. The summed E-state index contributed by atoms with van der Waals surface area (Å²) in [5.41, 5.74) is 5.34. The van der Waals surface area contributed by atoms with Gasteiger partial charge in [0.25, 0.3) is 11.6 Å². The van der Waals surface area contributed by atoms with Crippen LogP contribution >= 0.6 is 0 Å². The van der Waals surface area contributed by atoms with E-state index in [-0.39, 0.29) is 11.6 Å². The number of nitrogens with zero attached hydrogens (tertiary/aromatic N) is 4. The summed E-state index contributed by atoms with van der Waals surface area (Å²) in [6.45, 7) is 6.36. The summed E-state index contributed by atoms with van der Waals surface area (Å²) in [5.74, 6) is -0.197. The number of para-hydroxylation sites is 1. The first-order valence-electron chi connectivity index (χ1n) is 8.90. The second-order valence-corrected chi connectivity index (χ2v) is 6.81. The lowest BCUT2D eigenvalue weighted by Gasteiger charge is -2.18. The number of hydrogen-bond donors (Lipinski definition) is 0. The fraction of sp³-hybridized carbons (Fsp3) is 0.238. The average Bonchev–Trinajstić information content (AvgIpc) is 2.96. The van der Waals surface area contributed by atoms with Crippen molar-refractivity contribution in [2.75, 3.05) is 7.05 Å². The summed E-state index contributed by atoms with van der Waals surface area (Å²) in [5, 5.41) is 15.4. The smallest absolute Gasteiger partial charge is 0.269 e. The Labute approximate surface area is 163 Å². The minimum Gasteiger partial charge on any atom is -0.337 e. The van der Waals surface area contributed by atoms with E-state index in [1.807, 2.05) is 49.7 Å². The number of amides is 1. The van der Waals surface area contributed by atoms with Crippen LogP contribution < -0.4 is 0 Å². The zero-order valence-electron chi connectivity index (χ0n) is 16.3. The van der Waals surface area contributed by atoms with Gasteiger partial charge in [0.05, 0.1) is 16.3 Å². The van der Waals surface area contributed by atoms with Crippen LogP contribution in [0.3, 0.4) is 0 Å². The zero-order chi connectivity index (χ0) is 20.4. The van der Waals surface area contributed by atoms with Crippen molar-refractivity contribution < 1.29 is 9.72 Å². The number of nitro benzene ring substituents is 1. The molecule has 144 valence electrons. The molecule has 0 saturated heterocycles. The lowest BCUT2D eigenvalue weighted by atomic mass is 10.1. The van der Waals surface area contributed by atoms with Crippen LogP contribution in [0, 0.1) is 30.9 Å². The molecule has 7 heteroatoms. The van der Waals surface area contributed by atoms with E-state index in [9.17, 15) is 14.9 Å². The normalized spacial score (nSPS) is 10.7. The van der Waals surface area contributed by atoms with E-state index in [0.717, 1.165) is 28.2 Å². The largest absolute Gasteiger partial charge is 0.337 e. The van der Waals surface area contributed by atoms with Crippen LogP contribution in [-0.2, 0) is 6.54 Å². The molecular weight excluding hydrogens is 356 g/mol. The van der Waals surface area contributed by atoms with Crippen LogP contribution in [0.25, 0.3) is 5.69 Å². The third kappa shape index (κ3) is 3.64. The SMILES string of the molecule is Cc1ccccc1-n1nc(C)c(CN(C)C(=O)c2ccc([N+](=O)[O-])cc2)c1C. The number of aryl methyl sites for hydroxylation is 2. The molecule has 0 bridgehead atoms. The van der Waals surface area contributed by atoms with Gasteiger partial charge in [0.2, 0.25) is 0 Å². The van der Waals surface area contributed by atoms with Crippen molar-refractivity contribution in [1.29, 1.82) is 0 Å². The number of nitro groups is 1. The maximum atomic E-state index is 12.7. The number of rotatable bonds is 5. The molecule has 0 saturated carbocycles. The van der Waals surface area contributed by atoms with Gasteiger partial charge in [0, 0.05) is 42.5 Å². The molecule has 0 aliphatic carbocycles. The minimum atomic E-state index is -0.481. The third-order valence-electron chi connectivity index (χ3n) is 4.85. The molecule has 7 nitrogen and oxygen atoms in total. The predicted octanol–water partition coefficient (Wildman–Crippen LogP) is 3.98.